The van der Waals surface area contributed by atoms with Crippen LogP contribution in [0.5, 0.6) is 0 Å². The van der Waals surface area contributed by atoms with Crippen LogP contribution >= 0.6 is 0 Å². The van der Waals surface area contributed by atoms with Gasteiger partial charge in [0.05, 0.1) is 12.7 Å². The van der Waals surface area contributed by atoms with Crippen molar-refractivity contribution in [1.82, 2.24) is 0 Å². The van der Waals surface area contributed by atoms with E-state index < -0.39 is 6.10 Å². The summed E-state index contributed by atoms with van der Waals surface area (Å²) in [6.07, 6.45) is -0.138. The predicted molar refractivity (Wildman–Crippen MR) is 26.8 cm³/mol. The van der Waals surface area contributed by atoms with Gasteiger partial charge in [-0.2, -0.15) is 0 Å². The van der Waals surface area contributed by atoms with Gasteiger partial charge in [0.2, 0.25) is 0 Å². The maximum atomic E-state index is 8.53. The van der Waals surface area contributed by atoms with Gasteiger partial charge >= 0.3 is 0 Å². The van der Waals surface area contributed by atoms with Crippen molar-refractivity contribution >= 4 is 0 Å². The van der Waals surface area contributed by atoms with E-state index in [2.05, 4.69) is 0 Å². The van der Waals surface area contributed by atoms with Crippen molar-refractivity contribution in [2.45, 2.75) is 12.5 Å². The lowest BCUT2D eigenvalue weighted by molar-refractivity contribution is 0.0902. The quantitative estimate of drug-likeness (QED) is 0.417. The molecule has 0 aliphatic rings. The fraction of sp³-hybridized carbons (Fsp3) is 1.00. The molecule has 0 aromatic heterocycles. The average Bonchev–Trinajstić information content (AvgIpc) is 1.68. The summed E-state index contributed by atoms with van der Waals surface area (Å²) in [5, 5.41) is 16.7. The zero-order valence-electron chi connectivity index (χ0n) is 4.17. The molecule has 0 bridgehead atoms. The summed E-state index contributed by atoms with van der Waals surface area (Å²) >= 11 is 0. The van der Waals surface area contributed by atoms with Gasteiger partial charge in [-0.15, -0.1) is 0 Å². The van der Waals surface area contributed by atoms with Gasteiger partial charge in [-0.05, 0) is 13.0 Å². The predicted octanol–water partition coefficient (Wildman–Crippen LogP) is -1.31. The SMILES string of the molecule is NCC[C@@H](O)CO. The summed E-state index contributed by atoms with van der Waals surface area (Å²) < 4.78 is 0. The van der Waals surface area contributed by atoms with Gasteiger partial charge in [-0.3, -0.25) is 0 Å². The normalized spacial score (nSPS) is 14.1. The molecule has 0 aliphatic carbocycles. The molecule has 4 N–H and O–H groups in total. The number of aliphatic hydroxyl groups is 2. The fourth-order valence-electron chi connectivity index (χ4n) is 0.284. The average molecular weight is 105 g/mol. The van der Waals surface area contributed by atoms with Crippen molar-refractivity contribution in [2.75, 3.05) is 13.2 Å². The number of hydrogen-bond acceptors (Lipinski definition) is 3. The summed E-state index contributed by atoms with van der Waals surface area (Å²) in [6, 6.07) is 0. The zero-order chi connectivity index (χ0) is 5.70. The monoisotopic (exact) mass is 105 g/mol. The maximum absolute atomic E-state index is 8.53. The largest absolute Gasteiger partial charge is 0.394 e. The Kier molecular flexibility index (Phi) is 3.98. The molecule has 0 saturated carbocycles. The third-order valence-corrected chi connectivity index (χ3v) is 0.711. The van der Waals surface area contributed by atoms with Crippen LogP contribution in [0.3, 0.4) is 0 Å². The van der Waals surface area contributed by atoms with E-state index in [0.29, 0.717) is 13.0 Å². The molecule has 0 aromatic carbocycles. The molecule has 3 heteroatoms. The van der Waals surface area contributed by atoms with Crippen molar-refractivity contribution in [3.63, 3.8) is 0 Å². The Labute approximate surface area is 42.8 Å². The molecule has 7 heavy (non-hydrogen) atoms. The van der Waals surface area contributed by atoms with Gasteiger partial charge < -0.3 is 15.9 Å². The Morgan fingerprint density at radius 3 is 2.29 bits per heavy atom. The highest BCUT2D eigenvalue weighted by Crippen LogP contribution is 1.83. The van der Waals surface area contributed by atoms with Crippen LogP contribution in [0.4, 0.5) is 0 Å². The number of rotatable bonds is 3. The van der Waals surface area contributed by atoms with Gasteiger partial charge in [0, 0.05) is 0 Å². The van der Waals surface area contributed by atoms with Crippen molar-refractivity contribution < 1.29 is 10.2 Å². The zero-order valence-corrected chi connectivity index (χ0v) is 4.17. The summed E-state index contributed by atoms with van der Waals surface area (Å²) in [7, 11) is 0. The molecule has 44 valence electrons. The highest BCUT2D eigenvalue weighted by atomic mass is 16.3. The second-order valence-corrected chi connectivity index (χ2v) is 1.41. The van der Waals surface area contributed by atoms with Gasteiger partial charge in [0.15, 0.2) is 0 Å². The lowest BCUT2D eigenvalue weighted by Gasteiger charge is -2.01. The Morgan fingerprint density at radius 2 is 2.14 bits per heavy atom. The molecule has 1 atom stereocenters. The molecule has 0 amide bonds. The molecule has 0 aliphatic heterocycles. The molecule has 0 saturated heterocycles. The third-order valence-electron chi connectivity index (χ3n) is 0.711. The number of hydrogen-bond donors (Lipinski definition) is 3. The molecular formula is C4H11NO2. The summed E-state index contributed by atoms with van der Waals surface area (Å²) in [5.74, 6) is 0. The molecule has 0 heterocycles. The molecule has 0 fully saturated rings. The van der Waals surface area contributed by atoms with E-state index in [9.17, 15) is 0 Å². The molecule has 0 aromatic rings. The van der Waals surface area contributed by atoms with Gasteiger partial charge in [-0.1, -0.05) is 0 Å². The van der Waals surface area contributed by atoms with E-state index in [0.717, 1.165) is 0 Å². The van der Waals surface area contributed by atoms with Crippen LogP contribution in [0.2, 0.25) is 0 Å². The van der Waals surface area contributed by atoms with Crippen molar-refractivity contribution in [3.05, 3.63) is 0 Å². The first-order valence-corrected chi connectivity index (χ1v) is 2.30. The minimum atomic E-state index is -0.620. The Hall–Kier alpha value is -0.120. The van der Waals surface area contributed by atoms with E-state index in [-0.39, 0.29) is 6.61 Å². The fourth-order valence-corrected chi connectivity index (χ4v) is 0.284. The minimum Gasteiger partial charge on any atom is -0.394 e. The van der Waals surface area contributed by atoms with E-state index in [4.69, 9.17) is 15.9 Å². The molecule has 0 unspecified atom stereocenters. The Bertz CT molecular complexity index is 40.7. The standard InChI is InChI=1S/C4H11NO2/c5-2-1-4(7)3-6/h4,6-7H,1-3,5H2/t4-/m1/s1. The molecule has 0 radical (unpaired) electrons. The second-order valence-electron chi connectivity index (χ2n) is 1.41. The minimum absolute atomic E-state index is 0.183. The van der Waals surface area contributed by atoms with E-state index in [1.54, 1.807) is 0 Å². The number of nitrogens with two attached hydrogens (primary N) is 1. The van der Waals surface area contributed by atoms with E-state index >= 15 is 0 Å². The first-order chi connectivity index (χ1) is 3.31. The van der Waals surface area contributed by atoms with Crippen LogP contribution in [0.15, 0.2) is 0 Å². The van der Waals surface area contributed by atoms with Crippen LogP contribution in [-0.2, 0) is 0 Å². The summed E-state index contributed by atoms with van der Waals surface area (Å²) in [5.41, 5.74) is 5.03. The maximum Gasteiger partial charge on any atom is 0.0782 e. The van der Waals surface area contributed by atoms with E-state index in [1.165, 1.54) is 0 Å². The Morgan fingerprint density at radius 1 is 1.57 bits per heavy atom. The molecule has 3 nitrogen and oxygen atoms in total. The highest BCUT2D eigenvalue weighted by Gasteiger charge is 1.96. The summed E-state index contributed by atoms with van der Waals surface area (Å²) in [4.78, 5) is 0. The molecule has 0 rings (SSSR count). The molecular weight excluding hydrogens is 94.0 g/mol. The topological polar surface area (TPSA) is 66.5 Å². The van der Waals surface area contributed by atoms with Gasteiger partial charge in [0.1, 0.15) is 0 Å². The lowest BCUT2D eigenvalue weighted by atomic mass is 10.3. The number of aliphatic hydroxyl groups excluding tert-OH is 2. The van der Waals surface area contributed by atoms with Crippen molar-refractivity contribution in [1.29, 1.82) is 0 Å². The van der Waals surface area contributed by atoms with Crippen LogP contribution in [-0.4, -0.2) is 29.5 Å². The third kappa shape index (κ3) is 3.72. The second kappa shape index (κ2) is 4.05. The molecule has 0 spiro atoms. The van der Waals surface area contributed by atoms with Crippen molar-refractivity contribution in [2.24, 2.45) is 5.73 Å². The smallest absolute Gasteiger partial charge is 0.0782 e. The van der Waals surface area contributed by atoms with Crippen molar-refractivity contribution in [3.8, 4) is 0 Å². The summed E-state index contributed by atoms with van der Waals surface area (Å²) in [6.45, 7) is 0.249. The highest BCUT2D eigenvalue weighted by molar-refractivity contribution is 4.50. The Balaban J connectivity index is 2.83. The first-order valence-electron chi connectivity index (χ1n) is 2.30. The first kappa shape index (κ1) is 6.88. The van der Waals surface area contributed by atoms with Gasteiger partial charge in [0.25, 0.3) is 0 Å². The van der Waals surface area contributed by atoms with Crippen LogP contribution < -0.4 is 5.73 Å². The van der Waals surface area contributed by atoms with Crippen LogP contribution in [0.1, 0.15) is 6.42 Å². The van der Waals surface area contributed by atoms with Crippen LogP contribution in [0, 0.1) is 0 Å². The van der Waals surface area contributed by atoms with E-state index in [1.807, 2.05) is 0 Å². The van der Waals surface area contributed by atoms with Crippen LogP contribution in [0.25, 0.3) is 0 Å². The lowest BCUT2D eigenvalue weighted by Crippen LogP contribution is -2.16. The van der Waals surface area contributed by atoms with Gasteiger partial charge in [-0.25, -0.2) is 0 Å².